The molecule has 0 aliphatic rings. The van der Waals surface area contributed by atoms with E-state index in [0.29, 0.717) is 11.0 Å². The molecule has 0 aliphatic carbocycles. The summed E-state index contributed by atoms with van der Waals surface area (Å²) < 4.78 is 5.96. The molecule has 6 heteroatoms. The summed E-state index contributed by atoms with van der Waals surface area (Å²) >= 11 is 6.65. The van der Waals surface area contributed by atoms with Gasteiger partial charge in [0.05, 0.1) is 11.4 Å². The summed E-state index contributed by atoms with van der Waals surface area (Å²) in [4.78, 5) is 16.0. The Morgan fingerprint density at radius 1 is 1.30 bits per heavy atom. The molecule has 0 saturated carbocycles. The molecule has 4 nitrogen and oxygen atoms in total. The van der Waals surface area contributed by atoms with Gasteiger partial charge in [-0.1, -0.05) is 46.3 Å². The Bertz CT molecular complexity index is 591. The van der Waals surface area contributed by atoms with Crippen molar-refractivity contribution in [3.05, 3.63) is 58.3 Å². The topological polar surface area (TPSA) is 51.2 Å². The van der Waals surface area contributed by atoms with Crippen LogP contribution in [0.15, 0.2) is 47.1 Å². The highest BCUT2D eigenvalue weighted by atomic mass is 79.9. The highest BCUT2D eigenvalue weighted by molar-refractivity contribution is 9.10. The molecule has 1 heterocycles. The number of halogens is 2. The predicted octanol–water partition coefficient (Wildman–Crippen LogP) is 4.49. The van der Waals surface area contributed by atoms with Gasteiger partial charge in [-0.15, -0.1) is 0 Å². The number of carbonyl (C=O) groups excluding carboxylic acids is 1. The van der Waals surface area contributed by atoms with Crippen LogP contribution in [0.1, 0.15) is 11.3 Å². The number of pyridine rings is 1. The molecule has 0 spiro atoms. The van der Waals surface area contributed by atoms with Crippen molar-refractivity contribution in [3.63, 3.8) is 0 Å². The first kappa shape index (κ1) is 15.0. The lowest BCUT2D eigenvalue weighted by molar-refractivity contribution is 0.155. The number of nitrogens with one attached hydrogen (secondary N) is 1. The lowest BCUT2D eigenvalue weighted by atomic mass is 10.2. The van der Waals surface area contributed by atoms with Crippen molar-refractivity contribution in [2.75, 3.05) is 5.32 Å². The molecule has 0 bridgehead atoms. The molecule has 1 aromatic carbocycles. The van der Waals surface area contributed by atoms with Gasteiger partial charge in [-0.3, -0.25) is 10.3 Å². The summed E-state index contributed by atoms with van der Waals surface area (Å²) in [5.41, 5.74) is 2.30. The van der Waals surface area contributed by atoms with Gasteiger partial charge in [0.1, 0.15) is 6.61 Å². The number of nitrogens with zero attached hydrogens (tertiary/aromatic N) is 1. The van der Waals surface area contributed by atoms with Crippen LogP contribution >= 0.6 is 31.9 Å². The average Bonchev–Trinajstić information content (AvgIpc) is 2.46. The van der Waals surface area contributed by atoms with Crippen LogP contribution in [0.3, 0.4) is 0 Å². The Labute approximate surface area is 133 Å². The monoisotopic (exact) mass is 398 g/mol. The normalized spacial score (nSPS) is 10.1. The molecular weight excluding hydrogens is 388 g/mol. The summed E-state index contributed by atoms with van der Waals surface area (Å²) in [6, 6.07) is 11.3. The summed E-state index contributed by atoms with van der Waals surface area (Å²) in [5.74, 6) is 0. The van der Waals surface area contributed by atoms with Gasteiger partial charge in [-0.05, 0) is 27.6 Å². The Morgan fingerprint density at radius 2 is 2.05 bits per heavy atom. The van der Waals surface area contributed by atoms with E-state index in [1.54, 1.807) is 12.3 Å². The number of benzene rings is 1. The maximum Gasteiger partial charge on any atom is 0.412 e. The number of ether oxygens (including phenoxy) is 1. The van der Waals surface area contributed by atoms with Crippen LogP contribution in [0.5, 0.6) is 0 Å². The van der Waals surface area contributed by atoms with Gasteiger partial charge in [0, 0.05) is 16.0 Å². The van der Waals surface area contributed by atoms with Crippen molar-refractivity contribution in [1.29, 1.82) is 0 Å². The summed E-state index contributed by atoms with van der Waals surface area (Å²) in [7, 11) is 0. The van der Waals surface area contributed by atoms with E-state index in [9.17, 15) is 4.79 Å². The van der Waals surface area contributed by atoms with E-state index in [1.807, 2.05) is 30.3 Å². The second-order valence-corrected chi connectivity index (χ2v) is 5.44. The highest BCUT2D eigenvalue weighted by Gasteiger charge is 2.09. The molecule has 0 unspecified atom stereocenters. The van der Waals surface area contributed by atoms with Crippen molar-refractivity contribution in [1.82, 2.24) is 4.98 Å². The molecular formula is C14H12Br2N2O2. The maximum atomic E-state index is 11.8. The Hall–Kier alpha value is -1.40. The van der Waals surface area contributed by atoms with E-state index >= 15 is 0 Å². The largest absolute Gasteiger partial charge is 0.444 e. The van der Waals surface area contributed by atoms with Gasteiger partial charge in [0.15, 0.2) is 0 Å². The number of carbonyl (C=O) groups is 1. The van der Waals surface area contributed by atoms with Gasteiger partial charge in [0.2, 0.25) is 0 Å². The van der Waals surface area contributed by atoms with Crippen molar-refractivity contribution < 1.29 is 9.53 Å². The summed E-state index contributed by atoms with van der Waals surface area (Å²) in [6.45, 7) is 0.234. The van der Waals surface area contributed by atoms with Gasteiger partial charge in [0.25, 0.3) is 0 Å². The Morgan fingerprint density at radius 3 is 2.75 bits per heavy atom. The van der Waals surface area contributed by atoms with E-state index in [1.165, 1.54) is 0 Å². The Kier molecular flexibility index (Phi) is 5.55. The summed E-state index contributed by atoms with van der Waals surface area (Å²) in [6.07, 6.45) is 1.17. The molecule has 1 N–H and O–H groups in total. The van der Waals surface area contributed by atoms with E-state index in [4.69, 9.17) is 4.74 Å². The quantitative estimate of drug-likeness (QED) is 0.770. The van der Waals surface area contributed by atoms with Crippen LogP contribution in [0.4, 0.5) is 10.5 Å². The van der Waals surface area contributed by atoms with Crippen LogP contribution in [0, 0.1) is 0 Å². The number of rotatable bonds is 4. The van der Waals surface area contributed by atoms with E-state index in [-0.39, 0.29) is 6.61 Å². The van der Waals surface area contributed by atoms with Gasteiger partial charge < -0.3 is 4.74 Å². The molecule has 104 valence electrons. The molecule has 0 aliphatic heterocycles. The highest BCUT2D eigenvalue weighted by Crippen LogP contribution is 2.21. The number of anilines is 1. The van der Waals surface area contributed by atoms with E-state index in [0.717, 1.165) is 15.7 Å². The number of hydrogen-bond donors (Lipinski definition) is 1. The third-order valence-corrected chi connectivity index (χ3v) is 3.48. The number of amides is 1. The zero-order valence-electron chi connectivity index (χ0n) is 10.5. The fourth-order valence-corrected chi connectivity index (χ4v) is 2.33. The zero-order chi connectivity index (χ0) is 14.4. The molecule has 2 aromatic rings. The predicted molar refractivity (Wildman–Crippen MR) is 84.8 cm³/mol. The van der Waals surface area contributed by atoms with Crippen LogP contribution in [0.25, 0.3) is 0 Å². The van der Waals surface area contributed by atoms with Crippen molar-refractivity contribution in [2.24, 2.45) is 0 Å². The lowest BCUT2D eigenvalue weighted by Crippen LogP contribution is -2.15. The molecule has 20 heavy (non-hydrogen) atoms. The fraction of sp³-hybridized carbons (Fsp3) is 0.143. The second kappa shape index (κ2) is 7.40. The van der Waals surface area contributed by atoms with Crippen LogP contribution < -0.4 is 5.32 Å². The smallest absolute Gasteiger partial charge is 0.412 e. The molecule has 0 radical (unpaired) electrons. The van der Waals surface area contributed by atoms with Gasteiger partial charge in [-0.25, -0.2) is 4.79 Å². The van der Waals surface area contributed by atoms with Gasteiger partial charge >= 0.3 is 6.09 Å². The average molecular weight is 400 g/mol. The SMILES string of the molecule is O=C(Nc1cc(Br)cnc1CBr)OCc1ccccc1. The van der Waals surface area contributed by atoms with Gasteiger partial charge in [-0.2, -0.15) is 0 Å². The van der Waals surface area contributed by atoms with E-state index < -0.39 is 6.09 Å². The molecule has 2 rings (SSSR count). The summed E-state index contributed by atoms with van der Waals surface area (Å²) in [5, 5.41) is 3.24. The Balaban J connectivity index is 1.96. The minimum Gasteiger partial charge on any atom is -0.444 e. The van der Waals surface area contributed by atoms with E-state index in [2.05, 4.69) is 42.2 Å². The van der Waals surface area contributed by atoms with Crippen LogP contribution in [-0.4, -0.2) is 11.1 Å². The third kappa shape index (κ3) is 4.31. The van der Waals surface area contributed by atoms with Crippen LogP contribution in [-0.2, 0) is 16.7 Å². The minimum absolute atomic E-state index is 0.234. The zero-order valence-corrected chi connectivity index (χ0v) is 13.6. The lowest BCUT2D eigenvalue weighted by Gasteiger charge is -2.10. The molecule has 1 amide bonds. The molecule has 0 fully saturated rings. The van der Waals surface area contributed by atoms with Crippen molar-refractivity contribution in [2.45, 2.75) is 11.9 Å². The van der Waals surface area contributed by atoms with Crippen molar-refractivity contribution in [3.8, 4) is 0 Å². The fourth-order valence-electron chi connectivity index (χ4n) is 1.55. The van der Waals surface area contributed by atoms with Crippen LogP contribution in [0.2, 0.25) is 0 Å². The number of hydrogen-bond acceptors (Lipinski definition) is 3. The first-order valence-corrected chi connectivity index (χ1v) is 7.78. The first-order valence-electron chi connectivity index (χ1n) is 5.87. The molecule has 0 atom stereocenters. The maximum absolute atomic E-state index is 11.8. The second-order valence-electron chi connectivity index (χ2n) is 3.97. The minimum atomic E-state index is -0.504. The third-order valence-electron chi connectivity index (χ3n) is 2.51. The molecule has 1 aromatic heterocycles. The van der Waals surface area contributed by atoms with Crippen molar-refractivity contribution >= 4 is 43.6 Å². The standard InChI is InChI=1S/C14H12Br2N2O2/c15-7-13-12(6-11(16)8-17-13)18-14(19)20-9-10-4-2-1-3-5-10/h1-6,8H,7,9H2,(H,18,19). The first-order chi connectivity index (χ1) is 9.69. The molecule has 0 saturated heterocycles. The number of aromatic nitrogens is 1. The number of alkyl halides is 1.